The van der Waals surface area contributed by atoms with Gasteiger partial charge in [0.05, 0.1) is 6.54 Å². The summed E-state index contributed by atoms with van der Waals surface area (Å²) >= 11 is 1.81. The van der Waals surface area contributed by atoms with Crippen LogP contribution in [0.25, 0.3) is 0 Å². The van der Waals surface area contributed by atoms with E-state index in [1.807, 2.05) is 18.2 Å². The Balaban J connectivity index is 0.00000147. The van der Waals surface area contributed by atoms with Gasteiger partial charge in [0.15, 0.2) is 0 Å². The zero-order chi connectivity index (χ0) is 13.1. The number of benzene rings is 1. The van der Waals surface area contributed by atoms with Crippen molar-refractivity contribution in [2.75, 3.05) is 13.1 Å². The summed E-state index contributed by atoms with van der Waals surface area (Å²) in [5.74, 6) is 0.422. The maximum absolute atomic E-state index is 11.9. The molecule has 0 atom stereocenters. The molecule has 2 aromatic rings. The molecule has 1 aromatic carbocycles. The van der Waals surface area contributed by atoms with Crippen molar-refractivity contribution in [1.29, 1.82) is 0 Å². The zero-order valence-corrected chi connectivity index (χ0v) is 11.9. The van der Waals surface area contributed by atoms with E-state index in [2.05, 4.69) is 16.3 Å². The van der Waals surface area contributed by atoms with Crippen molar-refractivity contribution in [1.82, 2.24) is 4.90 Å². The van der Waals surface area contributed by atoms with Crippen LogP contribution in [0.2, 0.25) is 0 Å². The smallest absolute Gasteiger partial charge is 0.325 e. The fourth-order valence-electron chi connectivity index (χ4n) is 2.28. The van der Waals surface area contributed by atoms with Crippen molar-refractivity contribution in [2.45, 2.75) is 13.0 Å². The number of para-hydroxylation sites is 1. The molecule has 5 heteroatoms. The topological polar surface area (TPSA) is 61.0 Å². The lowest BCUT2D eigenvalue weighted by Crippen LogP contribution is -2.35. The minimum absolute atomic E-state index is 0. The van der Waals surface area contributed by atoms with Crippen LogP contribution in [0, 0.1) is 0 Å². The third-order valence-corrected chi connectivity index (χ3v) is 4.24. The number of rotatable bonds is 3. The lowest BCUT2D eigenvalue weighted by molar-refractivity contribution is -0.135. The van der Waals surface area contributed by atoms with Crippen LogP contribution in [0.15, 0.2) is 41.8 Å². The third kappa shape index (κ3) is 3.45. The molecule has 1 aliphatic rings. The molecule has 1 aliphatic heterocycles. The van der Waals surface area contributed by atoms with Gasteiger partial charge < -0.3 is 10.2 Å². The van der Waals surface area contributed by atoms with Crippen LogP contribution in [-0.4, -0.2) is 29.4 Å². The highest BCUT2D eigenvalue weighted by Crippen LogP contribution is 2.23. The molecule has 4 nitrogen and oxygen atoms in total. The maximum atomic E-state index is 11.9. The van der Waals surface area contributed by atoms with E-state index in [9.17, 15) is 4.79 Å². The minimum atomic E-state index is -0.190. The fraction of sp³-hybridized carbons (Fsp3) is 0.267. The van der Waals surface area contributed by atoms with Crippen molar-refractivity contribution in [3.63, 3.8) is 0 Å². The van der Waals surface area contributed by atoms with Gasteiger partial charge in [-0.3, -0.25) is 9.69 Å². The van der Waals surface area contributed by atoms with Crippen LogP contribution in [0.5, 0.6) is 5.75 Å². The molecule has 0 spiro atoms. The molecular weight excluding hydrogens is 274 g/mol. The Bertz CT molecular complexity index is 568. The Morgan fingerprint density at radius 3 is 2.85 bits per heavy atom. The lowest BCUT2D eigenvalue weighted by Gasteiger charge is -2.25. The van der Waals surface area contributed by atoms with Crippen molar-refractivity contribution in [3.8, 4) is 5.75 Å². The quantitative estimate of drug-likeness (QED) is 0.641. The lowest BCUT2D eigenvalue weighted by atomic mass is 10.1. The molecule has 2 heterocycles. The molecule has 0 bridgehead atoms. The van der Waals surface area contributed by atoms with E-state index >= 15 is 0 Å². The summed E-state index contributed by atoms with van der Waals surface area (Å²) in [6.45, 7) is 2.13. The molecule has 0 saturated heterocycles. The second-order valence-electron chi connectivity index (χ2n) is 4.62. The summed E-state index contributed by atoms with van der Waals surface area (Å²) in [4.78, 5) is 15.5. The number of thiophene rings is 1. The highest BCUT2D eigenvalue weighted by molar-refractivity contribution is 7.10. The summed E-state index contributed by atoms with van der Waals surface area (Å²) in [5, 5.41) is 2.12. The molecule has 0 radical (unpaired) electrons. The van der Waals surface area contributed by atoms with Gasteiger partial charge in [0.25, 0.3) is 0 Å². The molecule has 0 fully saturated rings. The van der Waals surface area contributed by atoms with Crippen molar-refractivity contribution in [2.24, 2.45) is 0 Å². The van der Waals surface area contributed by atoms with Gasteiger partial charge in [-0.1, -0.05) is 18.2 Å². The first-order valence-electron chi connectivity index (χ1n) is 6.34. The first-order valence-corrected chi connectivity index (χ1v) is 7.22. The van der Waals surface area contributed by atoms with Crippen LogP contribution in [-0.2, 0) is 17.8 Å². The molecule has 0 unspecified atom stereocenters. The Kier molecular flexibility index (Phi) is 4.89. The molecule has 106 valence electrons. The van der Waals surface area contributed by atoms with Crippen LogP contribution in [0.1, 0.15) is 10.4 Å². The number of hydrogen-bond acceptors (Lipinski definition) is 4. The van der Waals surface area contributed by atoms with E-state index in [1.165, 1.54) is 10.4 Å². The summed E-state index contributed by atoms with van der Waals surface area (Å²) in [6, 6.07) is 11.4. The van der Waals surface area contributed by atoms with Gasteiger partial charge in [0.2, 0.25) is 0 Å². The molecule has 0 saturated carbocycles. The number of carbonyl (C=O) groups excluding carboxylic acids is 1. The fourth-order valence-corrected chi connectivity index (χ4v) is 3.17. The van der Waals surface area contributed by atoms with E-state index < -0.39 is 0 Å². The summed E-state index contributed by atoms with van der Waals surface area (Å²) in [6.07, 6.45) is 1.03. The van der Waals surface area contributed by atoms with Crippen molar-refractivity contribution in [3.05, 3.63) is 52.2 Å². The molecule has 3 rings (SSSR count). The van der Waals surface area contributed by atoms with Crippen LogP contribution < -0.4 is 4.74 Å². The van der Waals surface area contributed by atoms with Crippen LogP contribution in [0.4, 0.5) is 0 Å². The van der Waals surface area contributed by atoms with Gasteiger partial charge in [-0.15, -0.1) is 11.3 Å². The first kappa shape index (κ1) is 14.7. The Morgan fingerprint density at radius 1 is 1.25 bits per heavy atom. The SMILES string of the molecule is O.O=C(CN1CCc2sccc2C1)Oc1ccccc1. The Morgan fingerprint density at radius 2 is 2.05 bits per heavy atom. The number of esters is 1. The van der Waals surface area contributed by atoms with E-state index in [4.69, 9.17) is 4.74 Å². The summed E-state index contributed by atoms with van der Waals surface area (Å²) < 4.78 is 5.31. The standard InChI is InChI=1S/C15H15NO2S.H2O/c17-15(18-13-4-2-1-3-5-13)11-16-8-6-14-12(10-16)7-9-19-14;/h1-5,7,9H,6,8,10-11H2;1H2. The van der Waals surface area contributed by atoms with E-state index in [1.54, 1.807) is 23.5 Å². The van der Waals surface area contributed by atoms with Gasteiger partial charge in [-0.05, 0) is 35.6 Å². The number of ether oxygens (including phenoxy) is 1. The highest BCUT2D eigenvalue weighted by atomic mass is 32.1. The van der Waals surface area contributed by atoms with Crippen molar-refractivity contribution >= 4 is 17.3 Å². The number of hydrogen-bond donors (Lipinski definition) is 0. The molecule has 2 N–H and O–H groups in total. The maximum Gasteiger partial charge on any atom is 0.325 e. The van der Waals surface area contributed by atoms with Gasteiger partial charge in [-0.2, -0.15) is 0 Å². The van der Waals surface area contributed by atoms with Crippen molar-refractivity contribution < 1.29 is 15.0 Å². The van der Waals surface area contributed by atoms with E-state index in [-0.39, 0.29) is 11.4 Å². The van der Waals surface area contributed by atoms with Crippen LogP contribution >= 0.6 is 11.3 Å². The molecule has 20 heavy (non-hydrogen) atoms. The third-order valence-electron chi connectivity index (χ3n) is 3.21. The zero-order valence-electron chi connectivity index (χ0n) is 11.0. The predicted molar refractivity (Wildman–Crippen MR) is 79.0 cm³/mol. The first-order chi connectivity index (χ1) is 9.31. The van der Waals surface area contributed by atoms with E-state index in [0.717, 1.165) is 19.5 Å². The molecular formula is C15H17NO3S. The molecule has 0 amide bonds. The highest BCUT2D eigenvalue weighted by Gasteiger charge is 2.19. The summed E-state index contributed by atoms with van der Waals surface area (Å²) in [7, 11) is 0. The second-order valence-corrected chi connectivity index (χ2v) is 5.62. The Labute approximate surface area is 121 Å². The number of fused-ring (bicyclic) bond motifs is 1. The average molecular weight is 291 g/mol. The average Bonchev–Trinajstić information content (AvgIpc) is 2.87. The van der Waals surface area contributed by atoms with Crippen LogP contribution in [0.3, 0.4) is 0 Å². The van der Waals surface area contributed by atoms with Gasteiger partial charge >= 0.3 is 5.97 Å². The van der Waals surface area contributed by atoms with Gasteiger partial charge in [-0.25, -0.2) is 0 Å². The number of carbonyl (C=O) groups is 1. The summed E-state index contributed by atoms with van der Waals surface area (Å²) in [5.41, 5.74) is 1.35. The van der Waals surface area contributed by atoms with Gasteiger partial charge in [0, 0.05) is 18.0 Å². The van der Waals surface area contributed by atoms with E-state index in [0.29, 0.717) is 12.3 Å². The molecule has 1 aromatic heterocycles. The normalized spacial score (nSPS) is 14.2. The monoisotopic (exact) mass is 291 g/mol. The van der Waals surface area contributed by atoms with Gasteiger partial charge in [0.1, 0.15) is 5.75 Å². The number of nitrogens with zero attached hydrogens (tertiary/aromatic N) is 1. The second kappa shape index (κ2) is 6.65. The predicted octanol–water partition coefficient (Wildman–Crippen LogP) is 1.89. The largest absolute Gasteiger partial charge is 0.426 e. The molecule has 0 aliphatic carbocycles. The minimum Gasteiger partial charge on any atom is -0.426 e. The Hall–Kier alpha value is -1.69.